The molecular formula is C18H29N3O3. The number of rotatable bonds is 5. The topological polar surface area (TPSA) is 68.5 Å². The van der Waals surface area contributed by atoms with E-state index in [1.54, 1.807) is 0 Å². The van der Waals surface area contributed by atoms with Crippen molar-refractivity contribution in [3.8, 4) is 0 Å². The number of hydrogen-bond donors (Lipinski definition) is 0. The van der Waals surface area contributed by atoms with Crippen LogP contribution < -0.4 is 0 Å². The monoisotopic (exact) mass is 335 g/mol. The van der Waals surface area contributed by atoms with Crippen molar-refractivity contribution in [3.63, 3.8) is 0 Å². The highest BCUT2D eigenvalue weighted by Crippen LogP contribution is 2.27. The van der Waals surface area contributed by atoms with Gasteiger partial charge in [-0.3, -0.25) is 4.79 Å². The summed E-state index contributed by atoms with van der Waals surface area (Å²) in [7, 11) is 0. The van der Waals surface area contributed by atoms with Crippen molar-refractivity contribution < 1.29 is 14.1 Å². The molecule has 2 fully saturated rings. The van der Waals surface area contributed by atoms with Gasteiger partial charge in [0.2, 0.25) is 11.8 Å². The maximum atomic E-state index is 12.5. The molecule has 2 aliphatic rings. The van der Waals surface area contributed by atoms with Crippen molar-refractivity contribution in [1.29, 1.82) is 0 Å². The summed E-state index contributed by atoms with van der Waals surface area (Å²) in [6.45, 7) is 5.90. The van der Waals surface area contributed by atoms with E-state index in [0.29, 0.717) is 18.4 Å². The quantitative estimate of drug-likeness (QED) is 0.827. The van der Waals surface area contributed by atoms with Gasteiger partial charge < -0.3 is 14.2 Å². The van der Waals surface area contributed by atoms with Gasteiger partial charge in [0.1, 0.15) is 6.61 Å². The van der Waals surface area contributed by atoms with Gasteiger partial charge in [0, 0.05) is 25.4 Å². The summed E-state index contributed by atoms with van der Waals surface area (Å²) in [4.78, 5) is 18.9. The van der Waals surface area contributed by atoms with E-state index in [-0.39, 0.29) is 24.5 Å². The first-order valence-electron chi connectivity index (χ1n) is 9.39. The molecule has 3 rings (SSSR count). The lowest BCUT2D eigenvalue weighted by molar-refractivity contribution is -0.141. The molecule has 3 unspecified atom stereocenters. The molecule has 6 nitrogen and oxygen atoms in total. The number of carbonyl (C=O) groups is 1. The zero-order valence-corrected chi connectivity index (χ0v) is 14.9. The minimum atomic E-state index is 0.0942. The van der Waals surface area contributed by atoms with E-state index in [1.165, 1.54) is 19.3 Å². The van der Waals surface area contributed by atoms with Gasteiger partial charge in [-0.25, -0.2) is 0 Å². The highest BCUT2D eigenvalue weighted by Gasteiger charge is 2.29. The van der Waals surface area contributed by atoms with Crippen molar-refractivity contribution in [2.45, 2.75) is 70.8 Å². The molecule has 0 spiro atoms. The molecule has 2 heterocycles. The summed E-state index contributed by atoms with van der Waals surface area (Å²) in [6, 6.07) is 0. The molecule has 0 bridgehead atoms. The summed E-state index contributed by atoms with van der Waals surface area (Å²) < 4.78 is 11.1. The van der Waals surface area contributed by atoms with Crippen molar-refractivity contribution in [2.24, 2.45) is 5.92 Å². The number of amides is 1. The van der Waals surface area contributed by atoms with Crippen molar-refractivity contribution in [3.05, 3.63) is 11.7 Å². The number of hydrogen-bond acceptors (Lipinski definition) is 5. The van der Waals surface area contributed by atoms with Crippen LogP contribution in [0.5, 0.6) is 0 Å². The molecule has 24 heavy (non-hydrogen) atoms. The van der Waals surface area contributed by atoms with Gasteiger partial charge in [-0.1, -0.05) is 31.8 Å². The lowest BCUT2D eigenvalue weighted by Gasteiger charge is -2.33. The predicted molar refractivity (Wildman–Crippen MR) is 89.6 cm³/mol. The lowest BCUT2D eigenvalue weighted by Crippen LogP contribution is -2.42. The Morgan fingerprint density at radius 3 is 2.88 bits per heavy atom. The predicted octanol–water partition coefficient (Wildman–Crippen LogP) is 2.93. The molecule has 0 N–H and O–H groups in total. The average molecular weight is 335 g/mol. The van der Waals surface area contributed by atoms with Crippen LogP contribution in [-0.4, -0.2) is 46.7 Å². The second-order valence-corrected chi connectivity index (χ2v) is 7.19. The molecule has 3 atom stereocenters. The molecular weight excluding hydrogens is 306 g/mol. The Morgan fingerprint density at radius 2 is 2.12 bits per heavy atom. The average Bonchev–Trinajstić information content (AvgIpc) is 3.10. The van der Waals surface area contributed by atoms with E-state index in [4.69, 9.17) is 9.26 Å². The Morgan fingerprint density at radius 1 is 1.29 bits per heavy atom. The van der Waals surface area contributed by atoms with E-state index < -0.39 is 0 Å². The van der Waals surface area contributed by atoms with Crippen molar-refractivity contribution in [2.75, 3.05) is 19.7 Å². The number of ether oxygens (including phenoxy) is 1. The first kappa shape index (κ1) is 17.4. The van der Waals surface area contributed by atoms with Crippen LogP contribution in [0.15, 0.2) is 4.52 Å². The molecule has 6 heteroatoms. The molecule has 134 valence electrons. The number of aryl methyl sites for hydroxylation is 1. The highest BCUT2D eigenvalue weighted by molar-refractivity contribution is 5.77. The smallest absolute Gasteiger partial charge is 0.248 e. The molecule has 1 aliphatic carbocycles. The van der Waals surface area contributed by atoms with Crippen LogP contribution in [-0.2, 0) is 16.0 Å². The zero-order valence-electron chi connectivity index (χ0n) is 14.9. The van der Waals surface area contributed by atoms with Gasteiger partial charge in [-0.2, -0.15) is 4.98 Å². The largest absolute Gasteiger partial charge is 0.368 e. The fraction of sp³-hybridized carbons (Fsp3) is 0.833. The van der Waals surface area contributed by atoms with Crippen LogP contribution >= 0.6 is 0 Å². The van der Waals surface area contributed by atoms with E-state index in [0.717, 1.165) is 38.1 Å². The molecule has 1 saturated carbocycles. The summed E-state index contributed by atoms with van der Waals surface area (Å²) in [5.74, 6) is 2.25. The number of nitrogens with zero attached hydrogens (tertiary/aromatic N) is 3. The SMILES string of the molecule is CCc1nc(C2CCCN(C(=O)COC3CCCCC3C)C2)no1. The van der Waals surface area contributed by atoms with Crippen LogP contribution in [0.2, 0.25) is 0 Å². The molecule has 1 aliphatic heterocycles. The number of piperidine rings is 1. The van der Waals surface area contributed by atoms with Crippen LogP contribution in [0.4, 0.5) is 0 Å². The Labute approximate surface area is 143 Å². The van der Waals surface area contributed by atoms with Crippen LogP contribution in [0.25, 0.3) is 0 Å². The van der Waals surface area contributed by atoms with E-state index in [2.05, 4.69) is 17.1 Å². The Kier molecular flexibility index (Phi) is 5.87. The third-order valence-corrected chi connectivity index (χ3v) is 5.38. The Hall–Kier alpha value is -1.43. The molecule has 1 amide bonds. The van der Waals surface area contributed by atoms with Crippen molar-refractivity contribution in [1.82, 2.24) is 15.0 Å². The number of aromatic nitrogens is 2. The van der Waals surface area contributed by atoms with Gasteiger partial charge in [0.25, 0.3) is 0 Å². The number of likely N-dealkylation sites (tertiary alicyclic amines) is 1. The number of carbonyl (C=O) groups excluding carboxylic acids is 1. The highest BCUT2D eigenvalue weighted by atomic mass is 16.5. The van der Waals surface area contributed by atoms with Gasteiger partial charge in [-0.15, -0.1) is 0 Å². The van der Waals surface area contributed by atoms with Gasteiger partial charge in [0.15, 0.2) is 5.82 Å². The summed E-state index contributed by atoms with van der Waals surface area (Å²) in [5, 5.41) is 4.08. The first-order valence-corrected chi connectivity index (χ1v) is 9.39. The van der Waals surface area contributed by atoms with Gasteiger partial charge in [0.05, 0.1) is 6.10 Å². The maximum absolute atomic E-state index is 12.5. The Bertz CT molecular complexity index is 545. The second kappa shape index (κ2) is 8.10. The van der Waals surface area contributed by atoms with Gasteiger partial charge in [-0.05, 0) is 31.6 Å². The maximum Gasteiger partial charge on any atom is 0.248 e. The summed E-state index contributed by atoms with van der Waals surface area (Å²) in [5.41, 5.74) is 0. The fourth-order valence-corrected chi connectivity index (χ4v) is 3.79. The van der Waals surface area contributed by atoms with Crippen LogP contribution in [0.1, 0.15) is 70.0 Å². The lowest BCUT2D eigenvalue weighted by atomic mass is 9.88. The molecule has 0 aromatic carbocycles. The standard InChI is InChI=1S/C18H29N3O3/c1-3-16-19-18(20-24-16)14-8-6-10-21(11-14)17(22)12-23-15-9-5-4-7-13(15)2/h13-15H,3-12H2,1-2H3. The Balaban J connectivity index is 1.51. The minimum Gasteiger partial charge on any atom is -0.368 e. The molecule has 1 saturated heterocycles. The molecule has 1 aromatic heterocycles. The zero-order chi connectivity index (χ0) is 16.9. The first-order chi connectivity index (χ1) is 11.7. The normalized spacial score (nSPS) is 28.1. The van der Waals surface area contributed by atoms with E-state index >= 15 is 0 Å². The fourth-order valence-electron chi connectivity index (χ4n) is 3.79. The second-order valence-electron chi connectivity index (χ2n) is 7.19. The summed E-state index contributed by atoms with van der Waals surface area (Å²) >= 11 is 0. The van der Waals surface area contributed by atoms with Gasteiger partial charge >= 0.3 is 0 Å². The molecule has 1 aromatic rings. The summed E-state index contributed by atoms with van der Waals surface area (Å²) in [6.07, 6.45) is 7.77. The molecule has 0 radical (unpaired) electrons. The minimum absolute atomic E-state index is 0.0942. The van der Waals surface area contributed by atoms with Crippen molar-refractivity contribution >= 4 is 5.91 Å². The van der Waals surface area contributed by atoms with E-state index in [1.807, 2.05) is 11.8 Å². The third kappa shape index (κ3) is 4.15. The third-order valence-electron chi connectivity index (χ3n) is 5.38. The van der Waals surface area contributed by atoms with E-state index in [9.17, 15) is 4.79 Å². The van der Waals surface area contributed by atoms with Crippen LogP contribution in [0.3, 0.4) is 0 Å². The van der Waals surface area contributed by atoms with Crippen LogP contribution in [0, 0.1) is 5.92 Å².